The lowest BCUT2D eigenvalue weighted by Crippen LogP contribution is -2.23. The lowest BCUT2D eigenvalue weighted by atomic mass is 10.2. The lowest BCUT2D eigenvalue weighted by molar-refractivity contribution is 0.415. The summed E-state index contributed by atoms with van der Waals surface area (Å²) in [5, 5.41) is 7.54. The van der Waals surface area contributed by atoms with Crippen LogP contribution < -0.4 is 15.5 Å². The zero-order valence-corrected chi connectivity index (χ0v) is 13.7. The van der Waals surface area contributed by atoms with E-state index in [2.05, 4.69) is 31.8 Å². The molecule has 0 fully saturated rings. The number of hydrogen-bond donors (Lipinski definition) is 2. The molecule has 0 saturated carbocycles. The highest BCUT2D eigenvalue weighted by Gasteiger charge is 1.97. The van der Waals surface area contributed by atoms with Gasteiger partial charge in [0, 0.05) is 10.2 Å². The van der Waals surface area contributed by atoms with Crippen molar-refractivity contribution in [3.8, 4) is 5.75 Å². The number of anilines is 1. The number of halogens is 1. The van der Waals surface area contributed by atoms with Crippen LogP contribution in [0.15, 0.2) is 58.1 Å². The molecule has 0 aliphatic heterocycles. The molecular formula is C15H14BrN3OS. The number of methoxy groups -OCH3 is 1. The highest BCUT2D eigenvalue weighted by atomic mass is 79.9. The van der Waals surface area contributed by atoms with Crippen LogP contribution in [0.4, 0.5) is 5.69 Å². The topological polar surface area (TPSA) is 45.6 Å². The molecule has 21 heavy (non-hydrogen) atoms. The molecule has 2 N–H and O–H groups in total. The lowest BCUT2D eigenvalue weighted by Gasteiger charge is -2.07. The number of benzene rings is 2. The molecule has 0 aromatic heterocycles. The van der Waals surface area contributed by atoms with Gasteiger partial charge in [-0.2, -0.15) is 5.10 Å². The van der Waals surface area contributed by atoms with Crippen LogP contribution in [-0.2, 0) is 0 Å². The van der Waals surface area contributed by atoms with E-state index in [4.69, 9.17) is 17.0 Å². The Labute approximate surface area is 137 Å². The van der Waals surface area contributed by atoms with E-state index in [1.165, 1.54) is 0 Å². The minimum Gasteiger partial charge on any atom is -0.497 e. The summed E-state index contributed by atoms with van der Waals surface area (Å²) in [6.07, 6.45) is 1.70. The largest absolute Gasteiger partial charge is 0.497 e. The third-order valence-electron chi connectivity index (χ3n) is 2.58. The van der Waals surface area contributed by atoms with Crippen molar-refractivity contribution in [3.05, 3.63) is 58.6 Å². The standard InChI is InChI=1S/C15H14BrN3OS/c1-20-14-7-5-13(6-8-14)18-15(21)19-17-10-11-3-2-4-12(16)9-11/h2-10H,1H3,(H2,18,19,21)/b17-10-. The summed E-state index contributed by atoms with van der Waals surface area (Å²) in [4.78, 5) is 0. The Kier molecular flexibility index (Phi) is 5.71. The van der Waals surface area contributed by atoms with Gasteiger partial charge in [0.25, 0.3) is 0 Å². The molecular weight excluding hydrogens is 350 g/mol. The monoisotopic (exact) mass is 363 g/mol. The summed E-state index contributed by atoms with van der Waals surface area (Å²) in [7, 11) is 1.63. The number of rotatable bonds is 4. The molecule has 0 atom stereocenters. The van der Waals surface area contributed by atoms with E-state index in [-0.39, 0.29) is 0 Å². The summed E-state index contributed by atoms with van der Waals surface area (Å²) in [6, 6.07) is 15.3. The fourth-order valence-electron chi connectivity index (χ4n) is 1.59. The second-order valence-corrected chi connectivity index (χ2v) is 5.43. The molecule has 0 saturated heterocycles. The van der Waals surface area contributed by atoms with E-state index in [0.29, 0.717) is 5.11 Å². The van der Waals surface area contributed by atoms with Crippen LogP contribution in [0.5, 0.6) is 5.75 Å². The van der Waals surface area contributed by atoms with Crippen LogP contribution in [0.25, 0.3) is 0 Å². The van der Waals surface area contributed by atoms with Crippen molar-refractivity contribution in [1.29, 1.82) is 0 Å². The van der Waals surface area contributed by atoms with Crippen LogP contribution in [0.2, 0.25) is 0 Å². The van der Waals surface area contributed by atoms with Gasteiger partial charge in [-0.3, -0.25) is 5.43 Å². The Morgan fingerprint density at radius 2 is 2.00 bits per heavy atom. The molecule has 2 aromatic rings. The van der Waals surface area contributed by atoms with E-state index < -0.39 is 0 Å². The molecule has 0 unspecified atom stereocenters. The fraction of sp³-hybridized carbons (Fsp3) is 0.0667. The maximum atomic E-state index is 5.16. The smallest absolute Gasteiger partial charge is 0.191 e. The van der Waals surface area contributed by atoms with Crippen molar-refractivity contribution in [2.45, 2.75) is 0 Å². The Morgan fingerprint density at radius 1 is 1.24 bits per heavy atom. The molecule has 0 radical (unpaired) electrons. The number of hydrogen-bond acceptors (Lipinski definition) is 3. The average Bonchev–Trinajstić information content (AvgIpc) is 2.48. The van der Waals surface area contributed by atoms with Gasteiger partial charge in [0.15, 0.2) is 5.11 Å². The minimum absolute atomic E-state index is 0.423. The normalized spacial score (nSPS) is 10.4. The third kappa shape index (κ3) is 5.17. The highest BCUT2D eigenvalue weighted by molar-refractivity contribution is 9.10. The summed E-state index contributed by atoms with van der Waals surface area (Å²) < 4.78 is 6.10. The molecule has 0 bridgehead atoms. The van der Waals surface area contributed by atoms with Gasteiger partial charge in [-0.25, -0.2) is 0 Å². The third-order valence-corrected chi connectivity index (χ3v) is 3.26. The van der Waals surface area contributed by atoms with Crippen molar-refractivity contribution < 1.29 is 4.74 Å². The first-order valence-electron chi connectivity index (χ1n) is 6.17. The van der Waals surface area contributed by atoms with Gasteiger partial charge in [0.2, 0.25) is 0 Å². The van der Waals surface area contributed by atoms with Crippen LogP contribution >= 0.6 is 28.1 Å². The van der Waals surface area contributed by atoms with Crippen LogP contribution in [0, 0.1) is 0 Å². The van der Waals surface area contributed by atoms with Crippen molar-refractivity contribution in [1.82, 2.24) is 5.43 Å². The van der Waals surface area contributed by atoms with Gasteiger partial charge in [-0.15, -0.1) is 0 Å². The number of nitrogens with one attached hydrogen (secondary N) is 2. The first-order valence-corrected chi connectivity index (χ1v) is 7.37. The Hall–Kier alpha value is -1.92. The predicted molar refractivity (Wildman–Crippen MR) is 94.1 cm³/mol. The van der Waals surface area contributed by atoms with E-state index in [9.17, 15) is 0 Å². The quantitative estimate of drug-likeness (QED) is 0.493. The van der Waals surface area contributed by atoms with Crippen molar-refractivity contribution in [2.75, 3.05) is 12.4 Å². The van der Waals surface area contributed by atoms with Crippen molar-refractivity contribution >= 4 is 45.2 Å². The predicted octanol–water partition coefficient (Wildman–Crippen LogP) is 3.78. The molecule has 0 heterocycles. The Balaban J connectivity index is 1.86. The Morgan fingerprint density at radius 3 is 2.67 bits per heavy atom. The first kappa shape index (κ1) is 15.5. The van der Waals surface area contributed by atoms with Crippen molar-refractivity contribution in [3.63, 3.8) is 0 Å². The van der Waals surface area contributed by atoms with Gasteiger partial charge >= 0.3 is 0 Å². The molecule has 6 heteroatoms. The number of hydrazone groups is 1. The first-order chi connectivity index (χ1) is 10.2. The number of nitrogens with zero attached hydrogens (tertiary/aromatic N) is 1. The molecule has 0 amide bonds. The maximum Gasteiger partial charge on any atom is 0.191 e. The number of ether oxygens (including phenoxy) is 1. The molecule has 0 spiro atoms. The molecule has 108 valence electrons. The second-order valence-electron chi connectivity index (χ2n) is 4.11. The van der Waals surface area contributed by atoms with Crippen LogP contribution in [0.1, 0.15) is 5.56 Å². The maximum absolute atomic E-state index is 5.16. The second kappa shape index (κ2) is 7.75. The molecule has 0 aliphatic rings. The Bertz CT molecular complexity index is 644. The van der Waals surface area contributed by atoms with Gasteiger partial charge < -0.3 is 10.1 Å². The van der Waals surface area contributed by atoms with Crippen LogP contribution in [0.3, 0.4) is 0 Å². The molecule has 0 aliphatic carbocycles. The molecule has 4 nitrogen and oxygen atoms in total. The minimum atomic E-state index is 0.423. The fourth-order valence-corrected chi connectivity index (χ4v) is 2.17. The van der Waals surface area contributed by atoms with E-state index in [1.54, 1.807) is 13.3 Å². The van der Waals surface area contributed by atoms with Gasteiger partial charge in [0.05, 0.1) is 13.3 Å². The zero-order chi connectivity index (χ0) is 15.1. The summed E-state index contributed by atoms with van der Waals surface area (Å²) >= 11 is 8.57. The zero-order valence-electron chi connectivity index (χ0n) is 11.3. The van der Waals surface area contributed by atoms with Crippen molar-refractivity contribution in [2.24, 2.45) is 5.10 Å². The van der Waals surface area contributed by atoms with E-state index in [0.717, 1.165) is 21.5 Å². The van der Waals surface area contributed by atoms with Gasteiger partial charge in [-0.05, 0) is 54.2 Å². The van der Waals surface area contributed by atoms with Gasteiger partial charge in [0.1, 0.15) is 5.75 Å². The highest BCUT2D eigenvalue weighted by Crippen LogP contribution is 2.14. The SMILES string of the molecule is COc1ccc(NC(=S)N/N=C\c2cccc(Br)c2)cc1. The van der Waals surface area contributed by atoms with Crippen LogP contribution in [-0.4, -0.2) is 18.4 Å². The molecule has 2 aromatic carbocycles. The summed E-state index contributed by atoms with van der Waals surface area (Å²) in [5.41, 5.74) is 4.61. The summed E-state index contributed by atoms with van der Waals surface area (Å²) in [6.45, 7) is 0. The molecule has 2 rings (SSSR count). The van der Waals surface area contributed by atoms with E-state index in [1.807, 2.05) is 48.5 Å². The van der Waals surface area contributed by atoms with Gasteiger partial charge in [-0.1, -0.05) is 28.1 Å². The number of thiocarbonyl (C=S) groups is 1. The summed E-state index contributed by atoms with van der Waals surface area (Å²) in [5.74, 6) is 0.798. The average molecular weight is 364 g/mol. The van der Waals surface area contributed by atoms with E-state index >= 15 is 0 Å².